The summed E-state index contributed by atoms with van der Waals surface area (Å²) in [5, 5.41) is 12.0. The highest BCUT2D eigenvalue weighted by molar-refractivity contribution is 5.46. The van der Waals surface area contributed by atoms with Crippen LogP contribution in [0, 0.1) is 0 Å². The zero-order valence-electron chi connectivity index (χ0n) is 8.36. The minimum Gasteiger partial charge on any atom is -0.393 e. The Bertz CT molecular complexity index is 140. The molecule has 0 aromatic rings. The molecule has 4 N–H and O–H groups in total. The summed E-state index contributed by atoms with van der Waals surface area (Å²) < 4.78 is 0. The normalized spacial score (nSPS) is 17.5. The van der Waals surface area contributed by atoms with Gasteiger partial charge in [0.15, 0.2) is 0 Å². The van der Waals surface area contributed by atoms with Crippen molar-refractivity contribution in [1.82, 2.24) is 5.32 Å². The van der Waals surface area contributed by atoms with E-state index in [1.54, 1.807) is 0 Å². The second-order valence-electron chi connectivity index (χ2n) is 3.49. The lowest BCUT2D eigenvalue weighted by molar-refractivity contribution is -0.110. The predicted molar refractivity (Wildman–Crippen MR) is 52.2 cm³/mol. The number of carbonyl (C=O) groups excluding carboxylic acids is 1. The van der Waals surface area contributed by atoms with E-state index >= 15 is 0 Å². The van der Waals surface area contributed by atoms with Gasteiger partial charge in [-0.1, -0.05) is 6.92 Å². The smallest absolute Gasteiger partial charge is 0.207 e. The molecule has 0 saturated carbocycles. The molecule has 0 aromatic carbocycles. The molecule has 4 heteroatoms. The van der Waals surface area contributed by atoms with E-state index in [2.05, 4.69) is 5.32 Å². The van der Waals surface area contributed by atoms with Crippen molar-refractivity contribution in [3.05, 3.63) is 0 Å². The van der Waals surface area contributed by atoms with Gasteiger partial charge in [-0.25, -0.2) is 0 Å². The zero-order chi connectivity index (χ0) is 10.3. The van der Waals surface area contributed by atoms with Crippen LogP contribution in [0.5, 0.6) is 0 Å². The summed E-state index contributed by atoms with van der Waals surface area (Å²) in [4.78, 5) is 10.2. The lowest BCUT2D eigenvalue weighted by atomic mass is 10.0. The molecule has 0 aliphatic rings. The van der Waals surface area contributed by atoms with E-state index in [0.717, 1.165) is 0 Å². The van der Waals surface area contributed by atoms with Crippen LogP contribution >= 0.6 is 0 Å². The van der Waals surface area contributed by atoms with Crippen LogP contribution in [-0.2, 0) is 4.79 Å². The van der Waals surface area contributed by atoms with E-state index in [0.29, 0.717) is 25.7 Å². The highest BCUT2D eigenvalue weighted by atomic mass is 16.3. The topological polar surface area (TPSA) is 75.3 Å². The quantitative estimate of drug-likeness (QED) is 0.492. The first kappa shape index (κ1) is 12.4. The SMILES string of the molecule is CCC(O)CC(CC(C)N)NC=O. The van der Waals surface area contributed by atoms with Crippen molar-refractivity contribution in [1.29, 1.82) is 0 Å². The molecule has 3 atom stereocenters. The van der Waals surface area contributed by atoms with Crippen molar-refractivity contribution >= 4 is 6.41 Å². The van der Waals surface area contributed by atoms with Gasteiger partial charge in [-0.15, -0.1) is 0 Å². The Kier molecular flexibility index (Phi) is 6.54. The molecule has 0 spiro atoms. The summed E-state index contributed by atoms with van der Waals surface area (Å²) in [7, 11) is 0. The Labute approximate surface area is 79.5 Å². The second-order valence-corrected chi connectivity index (χ2v) is 3.49. The Morgan fingerprint density at radius 2 is 2.15 bits per heavy atom. The Hall–Kier alpha value is -0.610. The Morgan fingerprint density at radius 3 is 2.54 bits per heavy atom. The van der Waals surface area contributed by atoms with Crippen molar-refractivity contribution in [2.24, 2.45) is 5.73 Å². The van der Waals surface area contributed by atoms with Gasteiger partial charge >= 0.3 is 0 Å². The van der Waals surface area contributed by atoms with Gasteiger partial charge in [0, 0.05) is 12.1 Å². The fraction of sp³-hybridized carbons (Fsp3) is 0.889. The average Bonchev–Trinajstić information content (AvgIpc) is 2.03. The van der Waals surface area contributed by atoms with E-state index < -0.39 is 0 Å². The van der Waals surface area contributed by atoms with Crippen LogP contribution in [0.25, 0.3) is 0 Å². The summed E-state index contributed by atoms with van der Waals surface area (Å²) in [6.07, 6.45) is 2.30. The van der Waals surface area contributed by atoms with Crippen LogP contribution in [-0.4, -0.2) is 29.7 Å². The van der Waals surface area contributed by atoms with Gasteiger partial charge in [-0.05, 0) is 26.2 Å². The minimum absolute atomic E-state index is 0.00699. The number of nitrogens with two attached hydrogens (primary N) is 1. The monoisotopic (exact) mass is 188 g/mol. The molecule has 0 heterocycles. The standard InChI is InChI=1S/C9H20N2O2/c1-3-9(13)5-8(11-6-12)4-7(2)10/h6-9,13H,3-5,10H2,1-2H3,(H,11,12). The third-order valence-corrected chi connectivity index (χ3v) is 1.99. The van der Waals surface area contributed by atoms with Crippen LogP contribution in [0.2, 0.25) is 0 Å². The first-order valence-electron chi connectivity index (χ1n) is 4.73. The van der Waals surface area contributed by atoms with Crippen LogP contribution in [0.1, 0.15) is 33.1 Å². The highest BCUT2D eigenvalue weighted by Crippen LogP contribution is 2.06. The van der Waals surface area contributed by atoms with E-state index in [1.807, 2.05) is 13.8 Å². The maximum absolute atomic E-state index is 10.2. The third kappa shape index (κ3) is 6.54. The minimum atomic E-state index is -0.351. The predicted octanol–water partition coefficient (Wildman–Crippen LogP) is -0.000700. The van der Waals surface area contributed by atoms with Gasteiger partial charge in [-0.2, -0.15) is 0 Å². The van der Waals surface area contributed by atoms with E-state index in [4.69, 9.17) is 5.73 Å². The number of aliphatic hydroxyl groups is 1. The zero-order valence-corrected chi connectivity index (χ0v) is 8.36. The summed E-state index contributed by atoms with van der Waals surface area (Å²) >= 11 is 0. The third-order valence-electron chi connectivity index (χ3n) is 1.99. The fourth-order valence-electron chi connectivity index (χ4n) is 1.27. The summed E-state index contributed by atoms with van der Waals surface area (Å²) in [5.41, 5.74) is 5.60. The van der Waals surface area contributed by atoms with Gasteiger partial charge in [0.1, 0.15) is 0 Å². The van der Waals surface area contributed by atoms with Crippen molar-refractivity contribution in [3.63, 3.8) is 0 Å². The van der Waals surface area contributed by atoms with Gasteiger partial charge in [-0.3, -0.25) is 4.79 Å². The number of amides is 1. The Balaban J connectivity index is 3.85. The number of hydrogen-bond donors (Lipinski definition) is 3. The fourth-order valence-corrected chi connectivity index (χ4v) is 1.27. The van der Waals surface area contributed by atoms with E-state index in [-0.39, 0.29) is 18.2 Å². The van der Waals surface area contributed by atoms with Crippen molar-refractivity contribution in [2.45, 2.75) is 51.3 Å². The van der Waals surface area contributed by atoms with Crippen molar-refractivity contribution in [3.8, 4) is 0 Å². The molecule has 0 aliphatic heterocycles. The molecule has 1 amide bonds. The summed E-state index contributed by atoms with van der Waals surface area (Å²) in [6.45, 7) is 3.80. The molecule has 0 aromatic heterocycles. The molecule has 13 heavy (non-hydrogen) atoms. The number of carbonyl (C=O) groups is 1. The molecule has 4 nitrogen and oxygen atoms in total. The molecule has 0 fully saturated rings. The van der Waals surface area contributed by atoms with E-state index in [1.165, 1.54) is 0 Å². The lowest BCUT2D eigenvalue weighted by Gasteiger charge is -2.20. The highest BCUT2D eigenvalue weighted by Gasteiger charge is 2.13. The lowest BCUT2D eigenvalue weighted by Crippen LogP contribution is -2.36. The molecule has 0 aliphatic carbocycles. The van der Waals surface area contributed by atoms with Gasteiger partial charge in [0.05, 0.1) is 6.10 Å². The van der Waals surface area contributed by atoms with Crippen LogP contribution in [0.15, 0.2) is 0 Å². The first-order valence-corrected chi connectivity index (χ1v) is 4.73. The maximum atomic E-state index is 10.2. The maximum Gasteiger partial charge on any atom is 0.207 e. The summed E-state index contributed by atoms with van der Waals surface area (Å²) in [6, 6.07) is 0.0361. The van der Waals surface area contributed by atoms with Crippen LogP contribution in [0.3, 0.4) is 0 Å². The molecule has 3 unspecified atom stereocenters. The number of aliphatic hydroxyl groups excluding tert-OH is 1. The Morgan fingerprint density at radius 1 is 1.54 bits per heavy atom. The van der Waals surface area contributed by atoms with Crippen molar-refractivity contribution in [2.75, 3.05) is 0 Å². The molecular formula is C9H20N2O2. The van der Waals surface area contributed by atoms with Gasteiger partial charge in [0.25, 0.3) is 0 Å². The van der Waals surface area contributed by atoms with Gasteiger partial charge in [0.2, 0.25) is 6.41 Å². The second kappa shape index (κ2) is 6.86. The molecule has 0 bridgehead atoms. The van der Waals surface area contributed by atoms with Gasteiger partial charge < -0.3 is 16.2 Å². The molecule has 0 radical (unpaired) electrons. The first-order chi connectivity index (χ1) is 6.10. The number of rotatable bonds is 7. The molecule has 0 rings (SSSR count). The largest absolute Gasteiger partial charge is 0.393 e. The molecular weight excluding hydrogens is 168 g/mol. The number of hydrogen-bond acceptors (Lipinski definition) is 3. The van der Waals surface area contributed by atoms with E-state index in [9.17, 15) is 9.90 Å². The van der Waals surface area contributed by atoms with Crippen molar-refractivity contribution < 1.29 is 9.90 Å². The van der Waals surface area contributed by atoms with Crippen LogP contribution in [0.4, 0.5) is 0 Å². The molecule has 78 valence electrons. The number of nitrogens with one attached hydrogen (secondary N) is 1. The summed E-state index contributed by atoms with van der Waals surface area (Å²) in [5.74, 6) is 0. The van der Waals surface area contributed by atoms with Crippen LogP contribution < -0.4 is 11.1 Å². The molecule has 0 saturated heterocycles. The average molecular weight is 188 g/mol.